The van der Waals surface area contributed by atoms with Crippen molar-refractivity contribution in [1.29, 1.82) is 0 Å². The van der Waals surface area contributed by atoms with E-state index in [1.807, 2.05) is 6.07 Å². The number of thiocarbonyl (C=S) groups is 1. The highest BCUT2D eigenvalue weighted by molar-refractivity contribution is 7.80. The molecule has 0 radical (unpaired) electrons. The van der Waals surface area contributed by atoms with Gasteiger partial charge in [0.05, 0.1) is 0 Å². The smallest absolute Gasteiger partial charge is 0.173 e. The Morgan fingerprint density at radius 1 is 1.22 bits per heavy atom. The van der Waals surface area contributed by atoms with Crippen molar-refractivity contribution >= 4 is 23.0 Å². The van der Waals surface area contributed by atoms with E-state index in [2.05, 4.69) is 42.4 Å². The second-order valence-electron chi connectivity index (χ2n) is 5.15. The highest BCUT2D eigenvalue weighted by Crippen LogP contribution is 2.22. The van der Waals surface area contributed by atoms with Gasteiger partial charge in [-0.3, -0.25) is 0 Å². The highest BCUT2D eigenvalue weighted by atomic mass is 32.1. The van der Waals surface area contributed by atoms with Gasteiger partial charge in [0.2, 0.25) is 0 Å². The third-order valence-electron chi connectivity index (χ3n) is 3.83. The normalized spacial score (nSPS) is 16.3. The molecule has 18 heavy (non-hydrogen) atoms. The molecule has 0 heterocycles. The summed E-state index contributed by atoms with van der Waals surface area (Å²) in [5, 5.41) is 4.21. The monoisotopic (exact) mass is 262 g/mol. The molecule has 0 aromatic heterocycles. The van der Waals surface area contributed by atoms with Crippen LogP contribution in [-0.4, -0.2) is 23.1 Å². The number of hydrogen-bond donors (Lipinski definition) is 1. The summed E-state index contributed by atoms with van der Waals surface area (Å²) in [7, 11) is 2.11. The minimum absolute atomic E-state index is 0.614. The first-order chi connectivity index (χ1) is 8.68. The van der Waals surface area contributed by atoms with Crippen LogP contribution in [-0.2, 0) is 0 Å². The number of para-hydroxylation sites is 1. The molecule has 0 bridgehead atoms. The van der Waals surface area contributed by atoms with Gasteiger partial charge in [-0.2, -0.15) is 0 Å². The quantitative estimate of drug-likeness (QED) is 0.812. The average molecular weight is 262 g/mol. The van der Waals surface area contributed by atoms with E-state index >= 15 is 0 Å². The number of aryl methyl sites for hydroxylation is 1. The first-order valence-corrected chi connectivity index (χ1v) is 7.19. The largest absolute Gasteiger partial charge is 0.349 e. The van der Waals surface area contributed by atoms with Crippen molar-refractivity contribution in [3.05, 3.63) is 29.8 Å². The molecule has 1 saturated carbocycles. The van der Waals surface area contributed by atoms with Crippen LogP contribution in [0.25, 0.3) is 0 Å². The zero-order chi connectivity index (χ0) is 13.0. The lowest BCUT2D eigenvalue weighted by Gasteiger charge is -2.33. The molecule has 1 aliphatic carbocycles. The fraction of sp³-hybridized carbons (Fsp3) is 0.533. The van der Waals surface area contributed by atoms with Crippen LogP contribution < -0.4 is 5.32 Å². The number of nitrogens with zero attached hydrogens (tertiary/aromatic N) is 1. The van der Waals surface area contributed by atoms with Gasteiger partial charge in [-0.25, -0.2) is 0 Å². The van der Waals surface area contributed by atoms with E-state index < -0.39 is 0 Å². The molecule has 0 aliphatic heterocycles. The summed E-state index contributed by atoms with van der Waals surface area (Å²) in [4.78, 5) is 2.24. The SMILES string of the molecule is Cc1ccccc1NC(=S)N(C)C1CCCCC1. The van der Waals surface area contributed by atoms with E-state index in [1.54, 1.807) is 0 Å². The zero-order valence-corrected chi connectivity index (χ0v) is 12.1. The van der Waals surface area contributed by atoms with Gasteiger partial charge in [0.25, 0.3) is 0 Å². The number of nitrogens with one attached hydrogen (secondary N) is 1. The van der Waals surface area contributed by atoms with Crippen molar-refractivity contribution in [3.8, 4) is 0 Å². The Kier molecular flexibility index (Phi) is 4.59. The first kappa shape index (κ1) is 13.3. The van der Waals surface area contributed by atoms with E-state index in [1.165, 1.54) is 37.7 Å². The standard InChI is InChI=1S/C15H22N2S/c1-12-8-6-7-11-14(12)16-15(18)17(2)13-9-4-3-5-10-13/h6-8,11,13H,3-5,9-10H2,1-2H3,(H,16,18). The molecule has 98 valence electrons. The Hall–Kier alpha value is -1.09. The van der Waals surface area contributed by atoms with Gasteiger partial charge < -0.3 is 10.2 Å². The molecular formula is C15H22N2S. The van der Waals surface area contributed by atoms with Gasteiger partial charge in [0.15, 0.2) is 5.11 Å². The summed E-state index contributed by atoms with van der Waals surface area (Å²) >= 11 is 5.51. The second-order valence-corrected chi connectivity index (χ2v) is 5.53. The summed E-state index contributed by atoms with van der Waals surface area (Å²) in [6, 6.07) is 8.89. The third-order valence-corrected chi connectivity index (χ3v) is 4.22. The van der Waals surface area contributed by atoms with Crippen LogP contribution in [0.5, 0.6) is 0 Å². The van der Waals surface area contributed by atoms with Crippen LogP contribution in [0.4, 0.5) is 5.69 Å². The van der Waals surface area contributed by atoms with E-state index in [0.717, 1.165) is 10.8 Å². The van der Waals surface area contributed by atoms with E-state index in [9.17, 15) is 0 Å². The van der Waals surface area contributed by atoms with Crippen molar-refractivity contribution in [2.45, 2.75) is 45.1 Å². The van der Waals surface area contributed by atoms with E-state index in [4.69, 9.17) is 12.2 Å². The predicted molar refractivity (Wildman–Crippen MR) is 82.0 cm³/mol. The topological polar surface area (TPSA) is 15.3 Å². The third kappa shape index (κ3) is 3.22. The minimum Gasteiger partial charge on any atom is -0.349 e. The molecule has 0 unspecified atom stereocenters. The maximum Gasteiger partial charge on any atom is 0.173 e. The fourth-order valence-electron chi connectivity index (χ4n) is 2.55. The van der Waals surface area contributed by atoms with Crippen molar-refractivity contribution in [3.63, 3.8) is 0 Å². The average Bonchev–Trinajstić information content (AvgIpc) is 2.41. The molecule has 1 N–H and O–H groups in total. The molecule has 0 atom stereocenters. The van der Waals surface area contributed by atoms with Gasteiger partial charge >= 0.3 is 0 Å². The number of anilines is 1. The Morgan fingerprint density at radius 3 is 2.56 bits per heavy atom. The molecule has 0 spiro atoms. The molecule has 3 heteroatoms. The van der Waals surface area contributed by atoms with Crippen molar-refractivity contribution < 1.29 is 0 Å². The van der Waals surface area contributed by atoms with Crippen LogP contribution in [0.1, 0.15) is 37.7 Å². The van der Waals surface area contributed by atoms with Crippen LogP contribution in [0.2, 0.25) is 0 Å². The second kappa shape index (κ2) is 6.19. The van der Waals surface area contributed by atoms with Gasteiger partial charge in [-0.15, -0.1) is 0 Å². The van der Waals surface area contributed by atoms with Crippen LogP contribution >= 0.6 is 12.2 Å². The van der Waals surface area contributed by atoms with Gasteiger partial charge in [0, 0.05) is 18.8 Å². The lowest BCUT2D eigenvalue weighted by Crippen LogP contribution is -2.40. The summed E-state index contributed by atoms with van der Waals surface area (Å²) < 4.78 is 0. The highest BCUT2D eigenvalue weighted by Gasteiger charge is 2.19. The molecule has 1 aliphatic rings. The summed E-state index contributed by atoms with van der Waals surface area (Å²) in [5.74, 6) is 0. The number of benzene rings is 1. The number of hydrogen-bond acceptors (Lipinski definition) is 1. The van der Waals surface area contributed by atoms with E-state index in [0.29, 0.717) is 6.04 Å². The van der Waals surface area contributed by atoms with Crippen molar-refractivity contribution in [2.75, 3.05) is 12.4 Å². The van der Waals surface area contributed by atoms with Gasteiger partial charge in [-0.05, 0) is 43.6 Å². The molecule has 0 saturated heterocycles. The zero-order valence-electron chi connectivity index (χ0n) is 11.3. The Balaban J connectivity index is 1.97. The predicted octanol–water partition coefficient (Wildman–Crippen LogP) is 3.96. The van der Waals surface area contributed by atoms with Crippen LogP contribution in [0.15, 0.2) is 24.3 Å². The van der Waals surface area contributed by atoms with Crippen LogP contribution in [0.3, 0.4) is 0 Å². The molecule has 1 aromatic rings. The molecule has 2 nitrogen and oxygen atoms in total. The van der Waals surface area contributed by atoms with E-state index in [-0.39, 0.29) is 0 Å². The lowest BCUT2D eigenvalue weighted by molar-refractivity contribution is 0.281. The maximum absolute atomic E-state index is 5.51. The molecule has 2 rings (SSSR count). The molecule has 1 fully saturated rings. The Morgan fingerprint density at radius 2 is 1.89 bits per heavy atom. The number of rotatable bonds is 2. The fourth-order valence-corrected chi connectivity index (χ4v) is 2.81. The van der Waals surface area contributed by atoms with Crippen molar-refractivity contribution in [2.24, 2.45) is 0 Å². The molecule has 0 amide bonds. The molecule has 1 aromatic carbocycles. The maximum atomic E-state index is 5.51. The van der Waals surface area contributed by atoms with Gasteiger partial charge in [-0.1, -0.05) is 37.5 Å². The van der Waals surface area contributed by atoms with Crippen LogP contribution in [0, 0.1) is 6.92 Å². The minimum atomic E-state index is 0.614. The summed E-state index contributed by atoms with van der Waals surface area (Å²) in [6.07, 6.45) is 6.59. The van der Waals surface area contributed by atoms with Crippen molar-refractivity contribution in [1.82, 2.24) is 4.90 Å². The Labute approximate surface area is 115 Å². The van der Waals surface area contributed by atoms with Gasteiger partial charge in [0.1, 0.15) is 0 Å². The summed E-state index contributed by atoms with van der Waals surface area (Å²) in [5.41, 5.74) is 2.35. The molecular weight excluding hydrogens is 240 g/mol. The first-order valence-electron chi connectivity index (χ1n) is 6.78. The lowest BCUT2D eigenvalue weighted by atomic mass is 9.95. The Bertz CT molecular complexity index is 411. The summed E-state index contributed by atoms with van der Waals surface area (Å²) in [6.45, 7) is 2.10.